The summed E-state index contributed by atoms with van der Waals surface area (Å²) in [5, 5.41) is 10.6. The topological polar surface area (TPSA) is 116 Å². The molecule has 5 N–H and O–H groups in total. The Balaban J connectivity index is 2.00. The Morgan fingerprint density at radius 3 is 2.45 bits per heavy atom. The van der Waals surface area contributed by atoms with Gasteiger partial charge >= 0.3 is 0 Å². The highest BCUT2D eigenvalue weighted by Crippen LogP contribution is 2.18. The number of nitrogens with two attached hydrogens (primary N) is 2. The number of nitrogens with one attached hydrogen (secondary N) is 1. The molecule has 7 nitrogen and oxygen atoms in total. The highest BCUT2D eigenvalue weighted by atomic mass is 16.5. The van der Waals surface area contributed by atoms with E-state index in [1.165, 1.54) is 6.07 Å². The van der Waals surface area contributed by atoms with Crippen LogP contribution in [0, 0.1) is 0 Å². The van der Waals surface area contributed by atoms with Crippen molar-refractivity contribution >= 4 is 17.4 Å². The molecule has 0 saturated heterocycles. The Hall–Kier alpha value is -2.67. The summed E-state index contributed by atoms with van der Waals surface area (Å²) in [6.07, 6.45) is 0. The molecular weight excluding hydrogens is 258 g/mol. The van der Waals surface area contributed by atoms with E-state index in [1.54, 1.807) is 6.07 Å². The average Bonchev–Trinajstić information content (AvgIpc) is 2.47. The third-order valence-electron chi connectivity index (χ3n) is 2.43. The number of hydrogen-bond acceptors (Lipinski definition) is 6. The van der Waals surface area contributed by atoms with Crippen molar-refractivity contribution in [2.24, 2.45) is 11.5 Å². The lowest BCUT2D eigenvalue weighted by atomic mass is 10.3. The Morgan fingerprint density at radius 1 is 1.15 bits per heavy atom. The van der Waals surface area contributed by atoms with Crippen LogP contribution in [0.15, 0.2) is 36.4 Å². The maximum atomic E-state index is 10.9. The fraction of sp³-hybridized carbons (Fsp3) is 0.154. The van der Waals surface area contributed by atoms with Crippen molar-refractivity contribution in [3.63, 3.8) is 0 Å². The lowest BCUT2D eigenvalue weighted by molar-refractivity contribution is 0.0994. The van der Waals surface area contributed by atoms with Crippen molar-refractivity contribution in [3.8, 4) is 5.75 Å². The molecule has 1 heterocycles. The largest absolute Gasteiger partial charge is 0.492 e. The summed E-state index contributed by atoms with van der Waals surface area (Å²) in [5.74, 6) is 0.659. The first-order valence-electron chi connectivity index (χ1n) is 6.02. The van der Waals surface area contributed by atoms with Gasteiger partial charge in [-0.2, -0.15) is 0 Å². The number of primary amides is 1. The number of carbonyl (C=O) groups excluding carboxylic acids is 1. The van der Waals surface area contributed by atoms with Gasteiger partial charge in [0.2, 0.25) is 0 Å². The minimum absolute atomic E-state index is 0.126. The summed E-state index contributed by atoms with van der Waals surface area (Å²) in [4.78, 5) is 10.9. The summed E-state index contributed by atoms with van der Waals surface area (Å²) in [5.41, 5.74) is 11.4. The van der Waals surface area contributed by atoms with Gasteiger partial charge in [-0.25, -0.2) is 0 Å². The zero-order chi connectivity index (χ0) is 14.4. The van der Waals surface area contributed by atoms with Gasteiger partial charge < -0.3 is 21.5 Å². The van der Waals surface area contributed by atoms with Crippen LogP contribution in [0.1, 0.15) is 10.5 Å². The number of anilines is 2. The number of ether oxygens (including phenoxy) is 1. The predicted octanol–water partition coefficient (Wildman–Crippen LogP) is 0.657. The Morgan fingerprint density at radius 2 is 1.90 bits per heavy atom. The van der Waals surface area contributed by atoms with Crippen LogP contribution in [0.2, 0.25) is 0 Å². The maximum Gasteiger partial charge on any atom is 0.269 e. The van der Waals surface area contributed by atoms with Gasteiger partial charge in [-0.15, -0.1) is 10.2 Å². The van der Waals surface area contributed by atoms with Crippen LogP contribution in [0.4, 0.5) is 11.5 Å². The Labute approximate surface area is 115 Å². The summed E-state index contributed by atoms with van der Waals surface area (Å²) in [6, 6.07) is 10.5. The number of rotatable bonds is 6. The molecule has 0 bridgehead atoms. The van der Waals surface area contributed by atoms with Gasteiger partial charge in [0.05, 0.1) is 0 Å². The summed E-state index contributed by atoms with van der Waals surface area (Å²) < 4.78 is 5.37. The average molecular weight is 273 g/mol. The fourth-order valence-electron chi connectivity index (χ4n) is 1.49. The predicted molar refractivity (Wildman–Crippen MR) is 74.8 cm³/mol. The molecule has 2 aromatic rings. The van der Waals surface area contributed by atoms with Crippen molar-refractivity contribution < 1.29 is 9.53 Å². The molecule has 0 fully saturated rings. The number of carbonyl (C=O) groups is 1. The quantitative estimate of drug-likeness (QED) is 0.711. The van der Waals surface area contributed by atoms with Gasteiger partial charge in [0.1, 0.15) is 12.4 Å². The molecule has 7 heteroatoms. The molecule has 20 heavy (non-hydrogen) atoms. The normalized spacial score (nSPS) is 10.1. The van der Waals surface area contributed by atoms with E-state index in [0.29, 0.717) is 19.0 Å². The Bertz CT molecular complexity index is 568. The second-order valence-electron chi connectivity index (χ2n) is 3.95. The SMILES string of the molecule is NCCOc1ccc(Nc2ccc(C(N)=O)nn2)cc1. The number of benzene rings is 1. The minimum atomic E-state index is -0.606. The smallest absolute Gasteiger partial charge is 0.269 e. The molecular formula is C13H15N5O2. The van der Waals surface area contributed by atoms with Crippen molar-refractivity contribution in [2.75, 3.05) is 18.5 Å². The third-order valence-corrected chi connectivity index (χ3v) is 2.43. The molecule has 2 rings (SSSR count). The van der Waals surface area contributed by atoms with E-state index < -0.39 is 5.91 Å². The van der Waals surface area contributed by atoms with Gasteiger partial charge in [-0.3, -0.25) is 4.79 Å². The molecule has 1 aromatic heterocycles. The standard InChI is InChI=1S/C13H15N5O2/c14-7-8-20-10-3-1-9(2-4-10)16-12-6-5-11(13(15)19)17-18-12/h1-6H,7-8,14H2,(H2,15,19)(H,16,18). The highest BCUT2D eigenvalue weighted by Gasteiger charge is 2.03. The van der Waals surface area contributed by atoms with E-state index >= 15 is 0 Å². The van der Waals surface area contributed by atoms with Gasteiger partial charge in [0.15, 0.2) is 11.5 Å². The first-order valence-corrected chi connectivity index (χ1v) is 6.02. The summed E-state index contributed by atoms with van der Waals surface area (Å²) in [7, 11) is 0. The summed E-state index contributed by atoms with van der Waals surface area (Å²) in [6.45, 7) is 0.953. The van der Waals surface area contributed by atoms with Gasteiger partial charge in [-0.05, 0) is 36.4 Å². The van der Waals surface area contributed by atoms with Gasteiger partial charge in [0, 0.05) is 12.2 Å². The van der Waals surface area contributed by atoms with Gasteiger partial charge in [0.25, 0.3) is 5.91 Å². The lowest BCUT2D eigenvalue weighted by Gasteiger charge is -2.07. The van der Waals surface area contributed by atoms with E-state index in [0.717, 1.165) is 11.4 Å². The van der Waals surface area contributed by atoms with Crippen molar-refractivity contribution in [1.29, 1.82) is 0 Å². The third kappa shape index (κ3) is 3.66. The molecule has 104 valence electrons. The molecule has 0 unspecified atom stereocenters. The molecule has 1 aromatic carbocycles. The molecule has 0 saturated carbocycles. The molecule has 0 aliphatic rings. The van der Waals surface area contributed by atoms with E-state index in [-0.39, 0.29) is 5.69 Å². The van der Waals surface area contributed by atoms with Crippen LogP contribution < -0.4 is 21.5 Å². The van der Waals surface area contributed by atoms with Crippen LogP contribution in [0.25, 0.3) is 0 Å². The van der Waals surface area contributed by atoms with Gasteiger partial charge in [-0.1, -0.05) is 0 Å². The van der Waals surface area contributed by atoms with Crippen LogP contribution in [-0.2, 0) is 0 Å². The molecule has 0 aliphatic carbocycles. The number of nitrogens with zero attached hydrogens (tertiary/aromatic N) is 2. The van der Waals surface area contributed by atoms with Crippen molar-refractivity contribution in [2.45, 2.75) is 0 Å². The Kier molecular flexibility index (Phi) is 4.46. The van der Waals surface area contributed by atoms with Crippen LogP contribution in [-0.4, -0.2) is 29.3 Å². The monoisotopic (exact) mass is 273 g/mol. The number of aromatic nitrogens is 2. The van der Waals surface area contributed by atoms with Crippen LogP contribution in [0.3, 0.4) is 0 Å². The van der Waals surface area contributed by atoms with Crippen molar-refractivity contribution in [3.05, 3.63) is 42.1 Å². The van der Waals surface area contributed by atoms with Crippen LogP contribution >= 0.6 is 0 Å². The maximum absolute atomic E-state index is 10.9. The molecule has 0 aliphatic heterocycles. The first-order chi connectivity index (χ1) is 9.69. The zero-order valence-corrected chi connectivity index (χ0v) is 10.7. The first kappa shape index (κ1) is 13.8. The second-order valence-corrected chi connectivity index (χ2v) is 3.95. The number of amides is 1. The van der Waals surface area contributed by atoms with E-state index in [9.17, 15) is 4.79 Å². The van der Waals surface area contributed by atoms with Crippen molar-refractivity contribution in [1.82, 2.24) is 10.2 Å². The highest BCUT2D eigenvalue weighted by molar-refractivity contribution is 5.90. The summed E-state index contributed by atoms with van der Waals surface area (Å²) >= 11 is 0. The lowest BCUT2D eigenvalue weighted by Crippen LogP contribution is -2.13. The zero-order valence-electron chi connectivity index (χ0n) is 10.7. The van der Waals surface area contributed by atoms with E-state index in [4.69, 9.17) is 16.2 Å². The molecule has 0 radical (unpaired) electrons. The minimum Gasteiger partial charge on any atom is -0.492 e. The van der Waals surface area contributed by atoms with E-state index in [2.05, 4.69) is 15.5 Å². The van der Waals surface area contributed by atoms with Crippen LogP contribution in [0.5, 0.6) is 5.75 Å². The second kappa shape index (κ2) is 6.48. The molecule has 1 amide bonds. The molecule has 0 spiro atoms. The fourth-order valence-corrected chi connectivity index (χ4v) is 1.49. The number of hydrogen-bond donors (Lipinski definition) is 3. The van der Waals surface area contributed by atoms with E-state index in [1.807, 2.05) is 24.3 Å². The molecule has 0 atom stereocenters.